The van der Waals surface area contributed by atoms with Crippen molar-refractivity contribution in [2.75, 3.05) is 19.1 Å². The van der Waals surface area contributed by atoms with Crippen LogP contribution in [0.5, 0.6) is 17.2 Å². The highest BCUT2D eigenvalue weighted by Crippen LogP contribution is 2.45. The summed E-state index contributed by atoms with van der Waals surface area (Å²) in [4.78, 5) is 38.1. The summed E-state index contributed by atoms with van der Waals surface area (Å²) in [5, 5.41) is 32.7. The first-order valence-corrected chi connectivity index (χ1v) is 10.4. The lowest BCUT2D eigenvalue weighted by Gasteiger charge is -2.25. The fourth-order valence-electron chi connectivity index (χ4n) is 4.02. The van der Waals surface area contributed by atoms with Gasteiger partial charge in [0.25, 0.3) is 11.7 Å². The number of anilines is 1. The molecule has 3 aromatic rings. The highest BCUT2D eigenvalue weighted by atomic mass is 19.1. The Morgan fingerprint density at radius 3 is 2.33 bits per heavy atom. The van der Waals surface area contributed by atoms with Gasteiger partial charge in [-0.25, -0.2) is 4.39 Å². The number of benzene rings is 3. The first kappa shape index (κ1) is 24.2. The molecule has 1 heterocycles. The third-order valence-electron chi connectivity index (χ3n) is 5.72. The van der Waals surface area contributed by atoms with Gasteiger partial charge in [-0.2, -0.15) is 0 Å². The predicted molar refractivity (Wildman–Crippen MR) is 125 cm³/mol. The summed E-state index contributed by atoms with van der Waals surface area (Å²) in [6, 6.07) is 11.1. The lowest BCUT2D eigenvalue weighted by molar-refractivity contribution is -0.385. The number of ether oxygens (including phenoxy) is 2. The predicted octanol–water partition coefficient (Wildman–Crippen LogP) is 4.08. The Balaban J connectivity index is 2.02. The average molecular weight is 494 g/mol. The van der Waals surface area contributed by atoms with Gasteiger partial charge in [0.2, 0.25) is 0 Å². The highest BCUT2D eigenvalue weighted by molar-refractivity contribution is 6.51. The Morgan fingerprint density at radius 2 is 1.72 bits per heavy atom. The summed E-state index contributed by atoms with van der Waals surface area (Å²) in [6.07, 6.45) is 0. The fraction of sp³-hybridized carbons (Fsp3) is 0.120. The van der Waals surface area contributed by atoms with Crippen LogP contribution in [0.4, 0.5) is 15.8 Å². The molecule has 1 aliphatic heterocycles. The molecule has 0 aliphatic carbocycles. The van der Waals surface area contributed by atoms with Crippen LogP contribution < -0.4 is 14.4 Å². The number of aliphatic hydroxyl groups is 1. The van der Waals surface area contributed by atoms with Gasteiger partial charge in [0.1, 0.15) is 23.1 Å². The van der Waals surface area contributed by atoms with Gasteiger partial charge in [0, 0.05) is 11.8 Å². The first-order valence-electron chi connectivity index (χ1n) is 10.4. The number of halogens is 1. The van der Waals surface area contributed by atoms with Gasteiger partial charge in [-0.05, 0) is 54.1 Å². The van der Waals surface area contributed by atoms with Crippen LogP contribution >= 0.6 is 0 Å². The molecule has 184 valence electrons. The van der Waals surface area contributed by atoms with Gasteiger partial charge in [0.05, 0.1) is 36.3 Å². The molecular formula is C25H19FN2O8. The number of amides is 1. The molecule has 3 aromatic carbocycles. The van der Waals surface area contributed by atoms with Crippen LogP contribution in [0.25, 0.3) is 5.76 Å². The maximum absolute atomic E-state index is 13.6. The Hall–Kier alpha value is -4.93. The number of aliphatic hydroxyl groups excluding tert-OH is 1. The summed E-state index contributed by atoms with van der Waals surface area (Å²) in [5.41, 5.74) is -0.874. The Labute approximate surface area is 203 Å². The number of aromatic hydroxyl groups is 1. The number of carbonyl (C=O) groups excluding carboxylic acids is 2. The molecular weight excluding hydrogens is 475 g/mol. The number of nitro benzene ring substituents is 1. The lowest BCUT2D eigenvalue weighted by Crippen LogP contribution is -2.29. The third kappa shape index (κ3) is 4.06. The lowest BCUT2D eigenvalue weighted by atomic mass is 9.94. The molecule has 1 saturated heterocycles. The fourth-order valence-corrected chi connectivity index (χ4v) is 4.02. The van der Waals surface area contributed by atoms with E-state index in [4.69, 9.17) is 9.47 Å². The van der Waals surface area contributed by atoms with E-state index < -0.39 is 51.2 Å². The second-order valence-electron chi connectivity index (χ2n) is 7.72. The van der Waals surface area contributed by atoms with Gasteiger partial charge >= 0.3 is 5.69 Å². The maximum Gasteiger partial charge on any atom is 0.311 e. The quantitative estimate of drug-likeness (QED) is 0.172. The normalized spacial score (nSPS) is 16.8. The number of nitro groups is 1. The zero-order valence-electron chi connectivity index (χ0n) is 19.0. The number of Topliss-reactive ketones (excluding diaryl/α,β-unsaturated/α-hetero) is 1. The number of ketones is 1. The molecule has 1 aliphatic rings. The number of nitrogens with zero attached hydrogens (tertiary/aromatic N) is 2. The largest absolute Gasteiger partial charge is 0.507 e. The SMILES string of the molecule is COc1ccc(OC)c(/C(O)=C2\C(=O)C(=O)N(c3ccc(F)cc3)C2c2ccc(O)c([N+](=O)[O-])c2)c1. The van der Waals surface area contributed by atoms with E-state index in [2.05, 4.69) is 0 Å². The topological polar surface area (TPSA) is 139 Å². The number of rotatable bonds is 6. The number of hydrogen-bond donors (Lipinski definition) is 2. The van der Waals surface area contributed by atoms with E-state index in [-0.39, 0.29) is 22.6 Å². The summed E-state index contributed by atoms with van der Waals surface area (Å²) in [5.74, 6) is -3.48. The van der Waals surface area contributed by atoms with E-state index in [1.54, 1.807) is 6.07 Å². The molecule has 10 nitrogen and oxygen atoms in total. The van der Waals surface area contributed by atoms with Gasteiger partial charge in [-0.15, -0.1) is 0 Å². The minimum absolute atomic E-state index is 0.0345. The average Bonchev–Trinajstić information content (AvgIpc) is 3.14. The molecule has 0 spiro atoms. The van der Waals surface area contributed by atoms with E-state index in [1.807, 2.05) is 0 Å². The molecule has 2 N–H and O–H groups in total. The summed E-state index contributed by atoms with van der Waals surface area (Å²) in [7, 11) is 2.74. The van der Waals surface area contributed by atoms with Crippen molar-refractivity contribution < 1.29 is 38.6 Å². The number of methoxy groups -OCH3 is 2. The maximum atomic E-state index is 13.6. The van der Waals surface area contributed by atoms with Crippen molar-refractivity contribution in [3.05, 3.63) is 93.3 Å². The van der Waals surface area contributed by atoms with Crippen LogP contribution in [0, 0.1) is 15.9 Å². The number of phenolic OH excluding ortho intramolecular Hbond substituents is 1. The van der Waals surface area contributed by atoms with Crippen LogP contribution in [0.2, 0.25) is 0 Å². The number of hydrogen-bond acceptors (Lipinski definition) is 8. The second kappa shape index (κ2) is 9.37. The summed E-state index contributed by atoms with van der Waals surface area (Å²) < 4.78 is 24.1. The van der Waals surface area contributed by atoms with Crippen molar-refractivity contribution >= 4 is 28.8 Å². The molecule has 1 fully saturated rings. The van der Waals surface area contributed by atoms with Crippen molar-refractivity contribution in [3.63, 3.8) is 0 Å². The van der Waals surface area contributed by atoms with Crippen molar-refractivity contribution in [1.29, 1.82) is 0 Å². The monoisotopic (exact) mass is 494 g/mol. The van der Waals surface area contributed by atoms with E-state index in [0.717, 1.165) is 29.2 Å². The standard InChI is InChI=1S/C25H19FN2O8/c1-35-16-8-10-20(36-2)17(12-16)23(30)21-22(13-3-9-19(29)18(11-13)28(33)34)27(25(32)24(21)31)15-6-4-14(26)5-7-15/h3-12,22,29-30H,1-2H3/b23-21+. The van der Waals surface area contributed by atoms with Gasteiger partial charge in [0.15, 0.2) is 5.75 Å². The summed E-state index contributed by atoms with van der Waals surface area (Å²) in [6.45, 7) is 0. The molecule has 0 bridgehead atoms. The number of carbonyl (C=O) groups is 2. The zero-order valence-corrected chi connectivity index (χ0v) is 19.0. The van der Waals surface area contributed by atoms with E-state index in [9.17, 15) is 34.3 Å². The number of phenols is 1. The Kier molecular flexibility index (Phi) is 6.30. The van der Waals surface area contributed by atoms with Crippen LogP contribution in [-0.4, -0.2) is 41.0 Å². The minimum Gasteiger partial charge on any atom is -0.507 e. The van der Waals surface area contributed by atoms with E-state index in [0.29, 0.717) is 5.75 Å². The molecule has 11 heteroatoms. The van der Waals surface area contributed by atoms with Crippen LogP contribution in [0.3, 0.4) is 0 Å². The van der Waals surface area contributed by atoms with Crippen LogP contribution in [0.15, 0.2) is 66.2 Å². The second-order valence-corrected chi connectivity index (χ2v) is 7.72. The molecule has 1 amide bonds. The minimum atomic E-state index is -1.36. The van der Waals surface area contributed by atoms with Gasteiger partial charge in [-0.1, -0.05) is 6.07 Å². The molecule has 36 heavy (non-hydrogen) atoms. The molecule has 0 radical (unpaired) electrons. The summed E-state index contributed by atoms with van der Waals surface area (Å²) >= 11 is 0. The van der Waals surface area contributed by atoms with Gasteiger partial charge < -0.3 is 19.7 Å². The molecule has 1 unspecified atom stereocenters. The van der Waals surface area contributed by atoms with Crippen LogP contribution in [-0.2, 0) is 9.59 Å². The first-order chi connectivity index (χ1) is 17.2. The van der Waals surface area contributed by atoms with Gasteiger partial charge in [-0.3, -0.25) is 24.6 Å². The molecule has 1 atom stereocenters. The highest BCUT2D eigenvalue weighted by Gasteiger charge is 2.47. The van der Waals surface area contributed by atoms with E-state index in [1.165, 1.54) is 44.6 Å². The molecule has 4 rings (SSSR count). The Morgan fingerprint density at radius 1 is 1.03 bits per heavy atom. The van der Waals surface area contributed by atoms with Crippen molar-refractivity contribution in [1.82, 2.24) is 0 Å². The van der Waals surface area contributed by atoms with Crippen molar-refractivity contribution in [3.8, 4) is 17.2 Å². The Bertz CT molecular complexity index is 1420. The smallest absolute Gasteiger partial charge is 0.311 e. The molecule has 0 saturated carbocycles. The molecule has 0 aromatic heterocycles. The van der Waals surface area contributed by atoms with Crippen LogP contribution in [0.1, 0.15) is 17.2 Å². The van der Waals surface area contributed by atoms with Crippen molar-refractivity contribution in [2.45, 2.75) is 6.04 Å². The van der Waals surface area contributed by atoms with E-state index >= 15 is 0 Å². The third-order valence-corrected chi connectivity index (χ3v) is 5.72. The zero-order chi connectivity index (χ0) is 26.1. The van der Waals surface area contributed by atoms with Crippen molar-refractivity contribution in [2.24, 2.45) is 0 Å².